The zero-order valence-electron chi connectivity index (χ0n) is 12.4. The van der Waals surface area contributed by atoms with Gasteiger partial charge in [0, 0.05) is 39.3 Å². The number of rotatable bonds is 5. The minimum atomic E-state index is -0.330. The highest BCUT2D eigenvalue weighted by atomic mass is 16.3. The molecule has 18 heavy (non-hydrogen) atoms. The molecule has 2 unspecified atom stereocenters. The zero-order valence-corrected chi connectivity index (χ0v) is 12.4. The number of aliphatic hydroxyl groups excluding tert-OH is 2. The summed E-state index contributed by atoms with van der Waals surface area (Å²) >= 11 is 0. The van der Waals surface area contributed by atoms with Crippen molar-refractivity contribution < 1.29 is 10.2 Å². The molecule has 3 N–H and O–H groups in total. The van der Waals surface area contributed by atoms with Crippen molar-refractivity contribution in [1.29, 1.82) is 0 Å². The molecule has 1 heterocycles. The molecule has 0 aromatic carbocycles. The molecule has 1 saturated heterocycles. The zero-order chi connectivity index (χ0) is 14.0. The predicted molar refractivity (Wildman–Crippen MR) is 75.8 cm³/mol. The number of hydrogen-bond donors (Lipinski definition) is 3. The molecule has 5 heteroatoms. The molecule has 0 bridgehead atoms. The number of aliphatic hydroxyl groups is 2. The summed E-state index contributed by atoms with van der Waals surface area (Å²) in [6.45, 7) is 12.9. The molecule has 0 amide bonds. The Kier molecular flexibility index (Phi) is 10.6. The van der Waals surface area contributed by atoms with Gasteiger partial charge in [0.1, 0.15) is 0 Å². The van der Waals surface area contributed by atoms with Gasteiger partial charge in [-0.2, -0.15) is 0 Å². The van der Waals surface area contributed by atoms with Crippen LogP contribution < -0.4 is 5.32 Å². The summed E-state index contributed by atoms with van der Waals surface area (Å²) in [5.41, 5.74) is 0. The minimum absolute atomic E-state index is 0.330. The van der Waals surface area contributed by atoms with Gasteiger partial charge in [-0.1, -0.05) is 6.92 Å². The fourth-order valence-electron chi connectivity index (χ4n) is 1.67. The second kappa shape index (κ2) is 10.7. The largest absolute Gasteiger partial charge is 0.392 e. The van der Waals surface area contributed by atoms with Crippen molar-refractivity contribution in [2.24, 2.45) is 0 Å². The van der Waals surface area contributed by atoms with Gasteiger partial charge in [0.2, 0.25) is 0 Å². The Bertz CT molecular complexity index is 173. The molecule has 1 aliphatic rings. The van der Waals surface area contributed by atoms with Crippen molar-refractivity contribution in [2.45, 2.75) is 33.0 Å². The Balaban J connectivity index is 0.000000321. The van der Waals surface area contributed by atoms with E-state index in [1.807, 2.05) is 0 Å². The lowest BCUT2D eigenvalue weighted by atomic mass is 10.3. The van der Waals surface area contributed by atoms with Gasteiger partial charge in [-0.15, -0.1) is 0 Å². The Hall–Kier alpha value is -0.200. The van der Waals surface area contributed by atoms with Gasteiger partial charge in [0.15, 0.2) is 0 Å². The lowest BCUT2D eigenvalue weighted by Gasteiger charge is -2.31. The number of likely N-dealkylation sites (N-methyl/N-ethyl adjacent to an activating group) is 2. The summed E-state index contributed by atoms with van der Waals surface area (Å²) in [5, 5.41) is 20.3. The van der Waals surface area contributed by atoms with Crippen LogP contribution in [0.15, 0.2) is 0 Å². The van der Waals surface area contributed by atoms with Crippen molar-refractivity contribution in [3.63, 3.8) is 0 Å². The summed E-state index contributed by atoms with van der Waals surface area (Å²) in [6.07, 6.45) is -0.660. The van der Waals surface area contributed by atoms with Crippen LogP contribution in [0.2, 0.25) is 0 Å². The molecule has 0 radical (unpaired) electrons. The van der Waals surface area contributed by atoms with Crippen molar-refractivity contribution in [3.05, 3.63) is 0 Å². The first-order valence-corrected chi connectivity index (χ1v) is 6.93. The minimum Gasteiger partial charge on any atom is -0.392 e. The van der Waals surface area contributed by atoms with Crippen LogP contribution in [0.3, 0.4) is 0 Å². The molecule has 1 fully saturated rings. The van der Waals surface area contributed by atoms with Gasteiger partial charge in [-0.3, -0.25) is 0 Å². The molecule has 1 rings (SSSR count). The van der Waals surface area contributed by atoms with Gasteiger partial charge < -0.3 is 25.3 Å². The van der Waals surface area contributed by atoms with E-state index >= 15 is 0 Å². The topological polar surface area (TPSA) is 59.0 Å². The summed E-state index contributed by atoms with van der Waals surface area (Å²) in [4.78, 5) is 4.87. The predicted octanol–water partition coefficient (Wildman–Crippen LogP) is -0.409. The first-order chi connectivity index (χ1) is 8.45. The lowest BCUT2D eigenvalue weighted by Crippen LogP contribution is -2.44. The van der Waals surface area contributed by atoms with Gasteiger partial charge >= 0.3 is 0 Å². The highest BCUT2D eigenvalue weighted by Crippen LogP contribution is 1.96. The van der Waals surface area contributed by atoms with Crippen LogP contribution in [0.25, 0.3) is 0 Å². The lowest BCUT2D eigenvalue weighted by molar-refractivity contribution is 0.160. The molecule has 0 aromatic heterocycles. The third-order valence-corrected chi connectivity index (χ3v) is 2.92. The van der Waals surface area contributed by atoms with E-state index in [4.69, 9.17) is 10.2 Å². The maximum Gasteiger partial charge on any atom is 0.0636 e. The highest BCUT2D eigenvalue weighted by Gasteiger charge is 2.10. The molecule has 110 valence electrons. The summed E-state index contributed by atoms with van der Waals surface area (Å²) in [7, 11) is 2.19. The van der Waals surface area contributed by atoms with E-state index in [1.54, 1.807) is 13.8 Å². The smallest absolute Gasteiger partial charge is 0.0636 e. The van der Waals surface area contributed by atoms with Crippen LogP contribution in [0.5, 0.6) is 0 Å². The third kappa shape index (κ3) is 10.9. The molecule has 0 aliphatic carbocycles. The number of piperazine rings is 1. The van der Waals surface area contributed by atoms with Crippen molar-refractivity contribution in [2.75, 3.05) is 52.9 Å². The molecule has 0 saturated carbocycles. The average Bonchev–Trinajstić information content (AvgIpc) is 2.30. The SMILES string of the molecule is CC(O)CNCC(C)O.CCN1CCN(C)CC1. The van der Waals surface area contributed by atoms with Crippen molar-refractivity contribution in [1.82, 2.24) is 15.1 Å². The second-order valence-electron chi connectivity index (χ2n) is 5.09. The van der Waals surface area contributed by atoms with E-state index in [9.17, 15) is 0 Å². The molecular weight excluding hydrogens is 230 g/mol. The van der Waals surface area contributed by atoms with Crippen LogP contribution in [0.4, 0.5) is 0 Å². The van der Waals surface area contributed by atoms with E-state index in [2.05, 4.69) is 29.1 Å². The van der Waals surface area contributed by atoms with Gasteiger partial charge in [-0.25, -0.2) is 0 Å². The summed E-state index contributed by atoms with van der Waals surface area (Å²) < 4.78 is 0. The Labute approximate surface area is 112 Å². The van der Waals surface area contributed by atoms with E-state index in [1.165, 1.54) is 32.7 Å². The van der Waals surface area contributed by atoms with Crippen LogP contribution in [0, 0.1) is 0 Å². The Morgan fingerprint density at radius 2 is 1.44 bits per heavy atom. The quantitative estimate of drug-likeness (QED) is 0.628. The van der Waals surface area contributed by atoms with E-state index in [0.717, 1.165) is 0 Å². The van der Waals surface area contributed by atoms with Gasteiger partial charge in [0.05, 0.1) is 12.2 Å². The second-order valence-corrected chi connectivity index (χ2v) is 5.09. The molecule has 0 aromatic rings. The maximum absolute atomic E-state index is 8.72. The summed E-state index contributed by atoms with van der Waals surface area (Å²) in [6, 6.07) is 0. The van der Waals surface area contributed by atoms with Crippen LogP contribution in [-0.4, -0.2) is 85.1 Å². The number of hydrogen-bond acceptors (Lipinski definition) is 5. The molecule has 2 atom stereocenters. The van der Waals surface area contributed by atoms with Crippen molar-refractivity contribution in [3.8, 4) is 0 Å². The molecule has 1 aliphatic heterocycles. The normalized spacial score (nSPS) is 21.0. The van der Waals surface area contributed by atoms with Crippen molar-refractivity contribution >= 4 is 0 Å². The van der Waals surface area contributed by atoms with E-state index in [0.29, 0.717) is 13.1 Å². The number of nitrogens with zero attached hydrogens (tertiary/aromatic N) is 2. The van der Waals surface area contributed by atoms with E-state index in [-0.39, 0.29) is 12.2 Å². The fourth-order valence-corrected chi connectivity index (χ4v) is 1.67. The van der Waals surface area contributed by atoms with Gasteiger partial charge in [-0.05, 0) is 27.4 Å². The molecule has 0 spiro atoms. The van der Waals surface area contributed by atoms with Crippen LogP contribution in [-0.2, 0) is 0 Å². The Morgan fingerprint density at radius 1 is 1.00 bits per heavy atom. The van der Waals surface area contributed by atoms with Crippen LogP contribution in [0.1, 0.15) is 20.8 Å². The standard InChI is InChI=1S/C7H16N2.C6H15NO2/c1-3-9-6-4-8(2)5-7-9;1-5(8)3-7-4-6(2)9/h3-7H2,1-2H3;5-9H,3-4H2,1-2H3. The van der Waals surface area contributed by atoms with Crippen LogP contribution >= 0.6 is 0 Å². The Morgan fingerprint density at radius 3 is 1.78 bits per heavy atom. The monoisotopic (exact) mass is 261 g/mol. The fraction of sp³-hybridized carbons (Fsp3) is 1.00. The first-order valence-electron chi connectivity index (χ1n) is 6.93. The highest BCUT2D eigenvalue weighted by molar-refractivity contribution is 4.66. The van der Waals surface area contributed by atoms with E-state index < -0.39 is 0 Å². The molecular formula is C13H31N3O2. The van der Waals surface area contributed by atoms with Gasteiger partial charge in [0.25, 0.3) is 0 Å². The summed E-state index contributed by atoms with van der Waals surface area (Å²) in [5.74, 6) is 0. The maximum atomic E-state index is 8.72. The molecule has 5 nitrogen and oxygen atoms in total. The first kappa shape index (κ1) is 17.8. The third-order valence-electron chi connectivity index (χ3n) is 2.92. The average molecular weight is 261 g/mol. The number of nitrogens with one attached hydrogen (secondary N) is 1.